The maximum Gasteiger partial charge on any atom is 0.416 e. The number of H-pyrrole nitrogens is 1. The highest BCUT2D eigenvalue weighted by Gasteiger charge is 2.55. The average molecular weight is 514 g/mol. The summed E-state index contributed by atoms with van der Waals surface area (Å²) in [4.78, 5) is 33.1. The second kappa shape index (κ2) is 9.33. The summed E-state index contributed by atoms with van der Waals surface area (Å²) in [6.45, 7) is 0. The average Bonchev–Trinajstić information content (AvgIpc) is 3.47. The molecule has 0 aliphatic heterocycles. The highest BCUT2D eigenvalue weighted by Crippen LogP contribution is 2.43. The number of aromatic amines is 1. The highest BCUT2D eigenvalue weighted by atomic mass is 19.4. The lowest BCUT2D eigenvalue weighted by Crippen LogP contribution is -2.52. The number of carbonyl (C=O) groups excluding carboxylic acids is 2. The van der Waals surface area contributed by atoms with E-state index in [-0.39, 0.29) is 12.3 Å². The van der Waals surface area contributed by atoms with Crippen LogP contribution in [0.15, 0.2) is 54.7 Å². The molecule has 2 aromatic carbocycles. The van der Waals surface area contributed by atoms with Crippen LogP contribution in [-0.2, 0) is 32.5 Å². The molecule has 0 bridgehead atoms. The van der Waals surface area contributed by atoms with E-state index in [4.69, 9.17) is 10.5 Å². The summed E-state index contributed by atoms with van der Waals surface area (Å²) < 4.78 is 44.9. The number of aliphatic hydroxyl groups is 1. The first-order valence-electron chi connectivity index (χ1n) is 12.1. The Balaban J connectivity index is 1.26. The topological polar surface area (TPSA) is 118 Å². The number of nitrogens with two attached hydrogens (primary N) is 1. The van der Waals surface area contributed by atoms with Crippen LogP contribution >= 0.6 is 0 Å². The van der Waals surface area contributed by atoms with Gasteiger partial charge in [0.15, 0.2) is 0 Å². The molecule has 1 amide bonds. The minimum absolute atomic E-state index is 0.00787. The number of primary amides is 1. The molecule has 2 unspecified atom stereocenters. The molecule has 0 saturated heterocycles. The van der Waals surface area contributed by atoms with Crippen LogP contribution < -0.4 is 5.73 Å². The van der Waals surface area contributed by atoms with Crippen LogP contribution in [0.5, 0.6) is 0 Å². The molecule has 1 saturated carbocycles. The minimum atomic E-state index is -4.43. The van der Waals surface area contributed by atoms with E-state index in [0.717, 1.165) is 12.1 Å². The van der Waals surface area contributed by atoms with Gasteiger partial charge in [-0.3, -0.25) is 9.59 Å². The summed E-state index contributed by atoms with van der Waals surface area (Å²) in [5.41, 5.74) is 5.00. The number of aromatic nitrogens is 2. The number of alkyl halides is 3. The quantitative estimate of drug-likeness (QED) is 0.442. The molecule has 2 aliphatic rings. The number of amides is 1. The predicted octanol–water partition coefficient (Wildman–Crippen LogP) is 4.21. The van der Waals surface area contributed by atoms with Gasteiger partial charge in [0.2, 0.25) is 5.60 Å². The predicted molar refractivity (Wildman–Crippen MR) is 127 cm³/mol. The fourth-order valence-corrected chi connectivity index (χ4v) is 5.46. The molecule has 5 rings (SSSR count). The molecule has 0 spiro atoms. The SMILES string of the molecule is NC(=O)C1(OC(=O)C2CCC(c3ncc(-c4cccc(C(F)(F)F)c4)[nH]3)CC2)c2ccccc2CC1O. The number of aliphatic hydroxyl groups excluding tert-OH is 1. The van der Waals surface area contributed by atoms with Gasteiger partial charge in [-0.25, -0.2) is 4.98 Å². The number of imidazole rings is 1. The fraction of sp³-hybridized carbons (Fsp3) is 0.370. The molecule has 1 heterocycles. The summed E-state index contributed by atoms with van der Waals surface area (Å²) in [7, 11) is 0. The second-order valence-corrected chi connectivity index (χ2v) is 9.71. The van der Waals surface area contributed by atoms with Gasteiger partial charge >= 0.3 is 12.1 Å². The van der Waals surface area contributed by atoms with Gasteiger partial charge in [-0.2, -0.15) is 13.2 Å². The zero-order chi connectivity index (χ0) is 26.4. The molecule has 4 N–H and O–H groups in total. The number of hydrogen-bond acceptors (Lipinski definition) is 5. The van der Waals surface area contributed by atoms with E-state index in [2.05, 4.69) is 9.97 Å². The third-order valence-electron chi connectivity index (χ3n) is 7.47. The summed E-state index contributed by atoms with van der Waals surface area (Å²) in [6, 6.07) is 11.9. The number of benzene rings is 2. The van der Waals surface area contributed by atoms with Crippen LogP contribution in [-0.4, -0.2) is 33.1 Å². The maximum absolute atomic E-state index is 13.1. The van der Waals surface area contributed by atoms with Gasteiger partial charge in [-0.15, -0.1) is 0 Å². The van der Waals surface area contributed by atoms with E-state index in [1.54, 1.807) is 30.3 Å². The van der Waals surface area contributed by atoms with Crippen molar-refractivity contribution >= 4 is 11.9 Å². The molecule has 1 aromatic heterocycles. The van der Waals surface area contributed by atoms with Crippen LogP contribution in [0, 0.1) is 5.92 Å². The largest absolute Gasteiger partial charge is 0.441 e. The molecule has 0 radical (unpaired) electrons. The van der Waals surface area contributed by atoms with Crippen LogP contribution in [0.4, 0.5) is 13.2 Å². The fourth-order valence-electron chi connectivity index (χ4n) is 5.46. The number of esters is 1. The molecule has 3 aromatic rings. The molecule has 194 valence electrons. The van der Waals surface area contributed by atoms with Crippen LogP contribution in [0.3, 0.4) is 0 Å². The summed E-state index contributed by atoms with van der Waals surface area (Å²) in [5.74, 6) is -1.34. The Bertz CT molecular complexity index is 1330. The highest BCUT2D eigenvalue weighted by molar-refractivity contribution is 5.90. The Morgan fingerprint density at radius 1 is 1.08 bits per heavy atom. The monoisotopic (exact) mass is 513 g/mol. The first kappa shape index (κ1) is 25.0. The Hall–Kier alpha value is -3.66. The minimum Gasteiger partial charge on any atom is -0.441 e. The van der Waals surface area contributed by atoms with E-state index in [1.165, 1.54) is 12.3 Å². The van der Waals surface area contributed by atoms with Gasteiger partial charge in [-0.05, 0) is 43.4 Å². The molecule has 2 atom stereocenters. The summed E-state index contributed by atoms with van der Waals surface area (Å²) >= 11 is 0. The Kier molecular flexibility index (Phi) is 6.31. The van der Waals surface area contributed by atoms with Crippen LogP contribution in [0.2, 0.25) is 0 Å². The molecule has 10 heteroatoms. The van der Waals surface area contributed by atoms with E-state index in [0.29, 0.717) is 53.9 Å². The number of nitrogens with one attached hydrogen (secondary N) is 1. The van der Waals surface area contributed by atoms with Crippen molar-refractivity contribution in [2.24, 2.45) is 11.7 Å². The lowest BCUT2D eigenvalue weighted by atomic mass is 9.81. The van der Waals surface area contributed by atoms with Crippen molar-refractivity contribution in [1.29, 1.82) is 0 Å². The van der Waals surface area contributed by atoms with E-state index >= 15 is 0 Å². The van der Waals surface area contributed by atoms with Crippen molar-refractivity contribution in [2.75, 3.05) is 0 Å². The van der Waals surface area contributed by atoms with Gasteiger partial charge in [-0.1, -0.05) is 36.4 Å². The zero-order valence-electron chi connectivity index (χ0n) is 19.8. The van der Waals surface area contributed by atoms with Gasteiger partial charge in [0.05, 0.1) is 23.4 Å². The molecular formula is C27H26F3N3O4. The number of hydrogen-bond donors (Lipinski definition) is 3. The van der Waals surface area contributed by atoms with Crippen molar-refractivity contribution in [3.05, 3.63) is 77.2 Å². The van der Waals surface area contributed by atoms with Crippen molar-refractivity contribution in [3.63, 3.8) is 0 Å². The Labute approximate surface area is 210 Å². The van der Waals surface area contributed by atoms with Gasteiger partial charge in [0, 0.05) is 23.5 Å². The van der Waals surface area contributed by atoms with Crippen molar-refractivity contribution < 1.29 is 32.6 Å². The number of fused-ring (bicyclic) bond motifs is 1. The maximum atomic E-state index is 13.1. The standard InChI is InChI=1S/C27H26F3N3O4/c28-27(29,30)19-6-3-5-18(12-19)21-14-32-23(33-21)15-8-10-16(11-9-15)24(35)37-26(25(31)36)20-7-2-1-4-17(20)13-22(26)34/h1-7,12,14-16,22,34H,8-11,13H2,(H2,31,36)(H,32,33). The number of nitrogens with zero attached hydrogens (tertiary/aromatic N) is 1. The van der Waals surface area contributed by atoms with Gasteiger partial charge in [0.1, 0.15) is 11.9 Å². The third kappa shape index (κ3) is 4.50. The van der Waals surface area contributed by atoms with E-state index < -0.39 is 41.2 Å². The van der Waals surface area contributed by atoms with E-state index in [1.807, 2.05) is 0 Å². The second-order valence-electron chi connectivity index (χ2n) is 9.71. The third-order valence-corrected chi connectivity index (χ3v) is 7.47. The van der Waals surface area contributed by atoms with Gasteiger partial charge < -0.3 is 20.6 Å². The first-order chi connectivity index (χ1) is 17.6. The number of rotatable bonds is 5. The van der Waals surface area contributed by atoms with Gasteiger partial charge in [0.25, 0.3) is 5.91 Å². The van der Waals surface area contributed by atoms with E-state index in [9.17, 15) is 27.9 Å². The lowest BCUT2D eigenvalue weighted by molar-refractivity contribution is -0.185. The van der Waals surface area contributed by atoms with Crippen LogP contribution in [0.25, 0.3) is 11.3 Å². The van der Waals surface area contributed by atoms with Crippen LogP contribution in [0.1, 0.15) is 54.1 Å². The molecular weight excluding hydrogens is 487 g/mol. The normalized spacial score (nSPS) is 25.5. The van der Waals surface area contributed by atoms with Crippen molar-refractivity contribution in [2.45, 2.75) is 55.9 Å². The first-order valence-corrected chi connectivity index (χ1v) is 12.1. The molecule has 2 aliphatic carbocycles. The summed E-state index contributed by atoms with van der Waals surface area (Å²) in [5, 5.41) is 10.7. The molecule has 1 fully saturated rings. The number of ether oxygens (including phenoxy) is 1. The van der Waals surface area contributed by atoms with Crippen molar-refractivity contribution in [1.82, 2.24) is 9.97 Å². The molecule has 7 nitrogen and oxygen atoms in total. The van der Waals surface area contributed by atoms with Crippen molar-refractivity contribution in [3.8, 4) is 11.3 Å². The molecule has 37 heavy (non-hydrogen) atoms. The lowest BCUT2D eigenvalue weighted by Gasteiger charge is -2.33. The zero-order valence-corrected chi connectivity index (χ0v) is 19.8. The summed E-state index contributed by atoms with van der Waals surface area (Å²) in [6.07, 6.45) is -1.90. The smallest absolute Gasteiger partial charge is 0.416 e. The Morgan fingerprint density at radius 2 is 1.81 bits per heavy atom. The number of halogens is 3. The number of carbonyl (C=O) groups is 2. The Morgan fingerprint density at radius 3 is 2.51 bits per heavy atom.